The molecule has 0 spiro atoms. The van der Waals surface area contributed by atoms with E-state index in [2.05, 4.69) is 46.0 Å². The number of hydrogen-bond acceptors (Lipinski definition) is 22. The molecule has 11 unspecified atom stereocenters. The molecule has 1 aromatic carbocycles. The first-order valence-electron chi connectivity index (χ1n) is 29.7. The Balaban J connectivity index is 0.879. The number of benzene rings is 1. The normalized spacial score (nSPS) is 51.4. The van der Waals surface area contributed by atoms with E-state index in [1.54, 1.807) is 24.3 Å². The second-order valence-corrected chi connectivity index (χ2v) is 27.6. The van der Waals surface area contributed by atoms with Gasteiger partial charge in [-0.15, -0.1) is 0 Å². The molecule has 9 aliphatic rings. The molecule has 4 saturated carbocycles. The molecule has 0 bridgehead atoms. The molecule has 0 radical (unpaired) electrons. The van der Waals surface area contributed by atoms with Gasteiger partial charge < -0.3 is 104 Å². The van der Waals surface area contributed by atoms with Crippen LogP contribution in [0.5, 0.6) is 0 Å². The Morgan fingerprint density at radius 3 is 1.95 bits per heavy atom. The minimum atomic E-state index is -1.90. The van der Waals surface area contributed by atoms with Crippen LogP contribution in [0.15, 0.2) is 35.9 Å². The number of amides is 1. The molecule has 23 heteroatoms. The van der Waals surface area contributed by atoms with Crippen molar-refractivity contribution < 1.29 is 108 Å². The Bertz CT molecular complexity index is 2570. The number of ether oxygens (including phenoxy) is 8. The number of allylic oxidation sites excluding steroid dienone is 2. The summed E-state index contributed by atoms with van der Waals surface area (Å²) in [6, 6.07) is 6.97. The number of aldehydes is 1. The number of rotatable bonds is 11. The molecule has 4 aliphatic heterocycles. The minimum absolute atomic E-state index is 0.0354. The highest BCUT2D eigenvalue weighted by Crippen LogP contribution is 2.76. The summed E-state index contributed by atoms with van der Waals surface area (Å²) >= 11 is 0. The third-order valence-corrected chi connectivity index (χ3v) is 22.2. The van der Waals surface area contributed by atoms with Gasteiger partial charge >= 0.3 is 5.97 Å². The van der Waals surface area contributed by atoms with E-state index >= 15 is 4.79 Å². The number of anilines is 1. The Morgan fingerprint density at radius 2 is 1.27 bits per heavy atom. The molecule has 29 atom stereocenters. The Kier molecular flexibility index (Phi) is 17.3. The summed E-state index contributed by atoms with van der Waals surface area (Å²) in [5.41, 5.74) is -2.17. The first-order valence-corrected chi connectivity index (χ1v) is 29.7. The number of aliphatic hydroxyl groups is 11. The number of nitrogens with one attached hydrogen (secondary N) is 1. The van der Waals surface area contributed by atoms with Crippen molar-refractivity contribution in [2.45, 2.75) is 249 Å². The number of carbonyl (C=O) groups is 3. The van der Waals surface area contributed by atoms with E-state index in [0.29, 0.717) is 50.6 Å². The number of carbonyl (C=O) groups excluding carboxylic acids is 3. The maximum absolute atomic E-state index is 15.5. The lowest BCUT2D eigenvalue weighted by Gasteiger charge is -2.71. The van der Waals surface area contributed by atoms with Crippen molar-refractivity contribution >= 4 is 23.9 Å². The summed E-state index contributed by atoms with van der Waals surface area (Å²) in [6.07, 6.45) is -25.3. The number of esters is 1. The van der Waals surface area contributed by atoms with Crippen LogP contribution in [0.3, 0.4) is 0 Å². The van der Waals surface area contributed by atoms with Crippen LogP contribution in [0, 0.1) is 57.2 Å². The molecule has 23 nitrogen and oxygen atoms in total. The van der Waals surface area contributed by atoms with Crippen LogP contribution in [0.2, 0.25) is 0 Å². The van der Waals surface area contributed by atoms with Gasteiger partial charge in [0.15, 0.2) is 31.1 Å². The number of aliphatic hydroxyl groups excluding tert-OH is 11. The highest BCUT2D eigenvalue weighted by molar-refractivity contribution is 5.94. The van der Waals surface area contributed by atoms with Crippen LogP contribution < -0.4 is 5.32 Å². The lowest BCUT2D eigenvalue weighted by molar-refractivity contribution is -0.373. The monoisotopic (exact) mass is 1180 g/mol. The Hall–Kier alpha value is -3.15. The van der Waals surface area contributed by atoms with Gasteiger partial charge in [0.05, 0.1) is 36.4 Å². The summed E-state index contributed by atoms with van der Waals surface area (Å²) in [6.45, 7) is 17.2. The lowest BCUT2D eigenvalue weighted by Crippen LogP contribution is -2.69. The summed E-state index contributed by atoms with van der Waals surface area (Å²) in [5.74, 6) is -2.38. The van der Waals surface area contributed by atoms with Crippen molar-refractivity contribution in [1.82, 2.24) is 0 Å². The van der Waals surface area contributed by atoms with Crippen molar-refractivity contribution in [3.05, 3.63) is 41.5 Å². The fourth-order valence-electron chi connectivity index (χ4n) is 17.0. The third-order valence-electron chi connectivity index (χ3n) is 22.2. The molecule has 1 aromatic rings. The molecule has 466 valence electrons. The molecule has 10 rings (SSSR count). The van der Waals surface area contributed by atoms with E-state index in [1.165, 1.54) is 13.8 Å². The second kappa shape index (κ2) is 22.8. The quantitative estimate of drug-likeness (QED) is 0.0630. The highest BCUT2D eigenvalue weighted by Gasteiger charge is 2.73. The summed E-state index contributed by atoms with van der Waals surface area (Å²) < 4.78 is 48.1. The average Bonchev–Trinajstić information content (AvgIpc) is 3.40. The SMILES string of the molecule is Cc1ccc(NC(=O)C2O[C@@H](O[C@H]3CCC4(C)C5CC=C6C7CC(C)(C)CC[C@]7(C(=O)O[C@@H]7OC(C)[C@H](O)[C@H](O)C7O[C@@H]7OC(C)[C@H](O[C@@H]8OC[C@@H](O)[C@H](O)C8O)[C@H](O)C7O)C(O)C[C@@]6(C)[C@@]5(C)CC[C@H]4[C@@]3(C)C=O)C(O)[C@@H](O)[C@@H]2O)cc1. The van der Waals surface area contributed by atoms with E-state index in [4.69, 9.17) is 37.9 Å². The van der Waals surface area contributed by atoms with Crippen LogP contribution in [0.25, 0.3) is 0 Å². The average molecular weight is 1180 g/mol. The Morgan fingerprint density at radius 1 is 0.639 bits per heavy atom. The number of fused-ring (bicyclic) bond motifs is 7. The zero-order chi connectivity index (χ0) is 60.4. The van der Waals surface area contributed by atoms with Gasteiger partial charge in [-0.25, -0.2) is 0 Å². The fourth-order valence-corrected chi connectivity index (χ4v) is 17.0. The van der Waals surface area contributed by atoms with E-state index in [1.807, 2.05) is 13.8 Å². The van der Waals surface area contributed by atoms with Gasteiger partial charge in [0.25, 0.3) is 5.91 Å². The summed E-state index contributed by atoms with van der Waals surface area (Å²) in [7, 11) is 0. The first kappa shape index (κ1) is 62.9. The molecule has 12 N–H and O–H groups in total. The van der Waals surface area contributed by atoms with Gasteiger partial charge in [-0.05, 0) is 130 Å². The Labute approximate surface area is 483 Å². The van der Waals surface area contributed by atoms with Crippen LogP contribution in [-0.4, -0.2) is 210 Å². The topological polar surface area (TPSA) is 360 Å². The summed E-state index contributed by atoms with van der Waals surface area (Å²) in [5, 5.41) is 125. The summed E-state index contributed by atoms with van der Waals surface area (Å²) in [4.78, 5) is 42.7. The molecular formula is C60H89NO22. The van der Waals surface area contributed by atoms with E-state index in [0.717, 1.165) is 17.4 Å². The molecule has 4 heterocycles. The van der Waals surface area contributed by atoms with Crippen molar-refractivity contribution in [2.75, 3.05) is 11.9 Å². The van der Waals surface area contributed by atoms with Crippen LogP contribution in [0.1, 0.15) is 119 Å². The van der Waals surface area contributed by atoms with Gasteiger partial charge in [0.1, 0.15) is 78.8 Å². The molecule has 4 saturated heterocycles. The van der Waals surface area contributed by atoms with Crippen LogP contribution in [-0.2, 0) is 52.3 Å². The number of hydrogen-bond donors (Lipinski definition) is 12. The molecule has 5 aliphatic carbocycles. The fraction of sp³-hybridized carbons (Fsp3) is 0.817. The van der Waals surface area contributed by atoms with Gasteiger partial charge in [0, 0.05) is 5.69 Å². The number of aryl methyl sites for hydroxylation is 1. The van der Waals surface area contributed by atoms with Gasteiger partial charge in [0.2, 0.25) is 6.29 Å². The maximum Gasteiger partial charge on any atom is 0.317 e. The molecule has 8 fully saturated rings. The van der Waals surface area contributed by atoms with Gasteiger partial charge in [-0.1, -0.05) is 70.9 Å². The lowest BCUT2D eigenvalue weighted by atomic mass is 9.33. The molecule has 1 amide bonds. The van der Waals surface area contributed by atoms with Crippen molar-refractivity contribution in [2.24, 2.45) is 50.2 Å². The predicted octanol–water partition coefficient (Wildman–Crippen LogP) is 0.764. The zero-order valence-electron chi connectivity index (χ0n) is 48.8. The maximum atomic E-state index is 15.5. The predicted molar refractivity (Wildman–Crippen MR) is 288 cm³/mol. The van der Waals surface area contributed by atoms with Crippen molar-refractivity contribution in [1.29, 1.82) is 0 Å². The molecule has 0 aromatic heterocycles. The highest BCUT2D eigenvalue weighted by atomic mass is 16.8. The van der Waals surface area contributed by atoms with E-state index < -0.39 is 174 Å². The molecular weight excluding hydrogens is 1090 g/mol. The van der Waals surface area contributed by atoms with Crippen LogP contribution >= 0.6 is 0 Å². The van der Waals surface area contributed by atoms with Crippen molar-refractivity contribution in [3.8, 4) is 0 Å². The smallest absolute Gasteiger partial charge is 0.317 e. The largest absolute Gasteiger partial charge is 0.432 e. The third kappa shape index (κ3) is 10.4. The van der Waals surface area contributed by atoms with E-state index in [-0.39, 0.29) is 36.7 Å². The molecule has 83 heavy (non-hydrogen) atoms. The second-order valence-electron chi connectivity index (χ2n) is 27.6. The first-order chi connectivity index (χ1) is 38.9. The zero-order valence-corrected chi connectivity index (χ0v) is 48.8. The minimum Gasteiger partial charge on any atom is -0.432 e. The van der Waals surface area contributed by atoms with Crippen molar-refractivity contribution in [3.63, 3.8) is 0 Å². The van der Waals surface area contributed by atoms with Gasteiger partial charge in [-0.2, -0.15) is 0 Å². The van der Waals surface area contributed by atoms with Gasteiger partial charge in [-0.3, -0.25) is 9.59 Å². The van der Waals surface area contributed by atoms with Crippen LogP contribution in [0.4, 0.5) is 5.69 Å². The van der Waals surface area contributed by atoms with E-state index in [9.17, 15) is 65.8 Å². The standard InChI is InChI=1S/C60H89NO22/c1-26-10-12-29(13-11-26)61-49(74)47-41(69)39(67)44(72)52(81-47)79-36-17-18-56(6)33(57(36,7)25-62)16-19-58(8)34(56)15-14-30-31-22-55(4,5)20-21-60(31,35(64)23-59(30,58)9)54(75)83-53-48(40(68)37(65)27(2)77-53)82-51-45(73)42(70)46(28(3)78-51)80-50-43(71)38(66)32(63)24-76-50/h10-14,25,27-28,31-48,50-53,63-73H,15-24H2,1-9H3,(H,61,74)/t27?,28?,31?,32-,33-,34?,35?,36+,37+,38+,39+,40+,41+,42-,43?,44?,45?,46+,47?,48?,50+,51+,52-,53+,56?,57-,58+,59-,60-/m1/s1.